The van der Waals surface area contributed by atoms with Gasteiger partial charge in [0.15, 0.2) is 0 Å². The van der Waals surface area contributed by atoms with Gasteiger partial charge in [0.25, 0.3) is 5.56 Å². The highest BCUT2D eigenvalue weighted by Crippen LogP contribution is 2.39. The van der Waals surface area contributed by atoms with Gasteiger partial charge >= 0.3 is 12.1 Å². The lowest BCUT2D eigenvalue weighted by Crippen LogP contribution is -2.49. The second-order valence-electron chi connectivity index (χ2n) is 13.4. The van der Waals surface area contributed by atoms with Crippen molar-refractivity contribution >= 4 is 23.5 Å². The second-order valence-corrected chi connectivity index (χ2v) is 13.9. The van der Waals surface area contributed by atoms with E-state index in [-0.39, 0.29) is 56.0 Å². The van der Waals surface area contributed by atoms with Crippen molar-refractivity contribution in [2.75, 3.05) is 26.2 Å². The first-order chi connectivity index (χ1) is 25.5. The van der Waals surface area contributed by atoms with Crippen molar-refractivity contribution in [3.63, 3.8) is 0 Å². The molecule has 54 heavy (non-hydrogen) atoms. The summed E-state index contributed by atoms with van der Waals surface area (Å²) in [4.78, 5) is 42.8. The number of halogens is 7. The van der Waals surface area contributed by atoms with E-state index in [1.807, 2.05) is 13.0 Å². The molecular formula is C39H36ClF6N3O5. The molecule has 2 aliphatic rings. The summed E-state index contributed by atoms with van der Waals surface area (Å²) in [6.45, 7) is 4.64. The van der Waals surface area contributed by atoms with Gasteiger partial charge in [-0.1, -0.05) is 23.7 Å². The summed E-state index contributed by atoms with van der Waals surface area (Å²) in [5.41, 5.74) is -1.44. The van der Waals surface area contributed by atoms with Gasteiger partial charge in [-0.25, -0.2) is 13.2 Å². The van der Waals surface area contributed by atoms with E-state index in [9.17, 15) is 31.9 Å². The largest absolute Gasteiger partial charge is 0.488 e. The molecule has 286 valence electrons. The molecule has 1 aromatic heterocycles. The van der Waals surface area contributed by atoms with Gasteiger partial charge in [0, 0.05) is 48.6 Å². The van der Waals surface area contributed by atoms with Crippen LogP contribution < -0.4 is 15.6 Å². The Morgan fingerprint density at radius 1 is 1.02 bits per heavy atom. The molecule has 1 saturated heterocycles. The van der Waals surface area contributed by atoms with Gasteiger partial charge in [-0.2, -0.15) is 13.2 Å². The molecule has 1 fully saturated rings. The number of hydrogen-bond donors (Lipinski definition) is 1. The van der Waals surface area contributed by atoms with Crippen molar-refractivity contribution in [3.8, 4) is 16.9 Å². The number of hydrogen-bond acceptors (Lipinski definition) is 6. The van der Waals surface area contributed by atoms with E-state index in [0.29, 0.717) is 27.5 Å². The Morgan fingerprint density at radius 3 is 2.44 bits per heavy atom. The average molecular weight is 776 g/mol. The standard InChI is InChI=1S/C39H36ClF6N3O5/c1-4-53-33(51)15-30-26-13-24(10-21(3)35(26)42)34-20(2)6-5-7-31(34)54-19-22-11-27(36(43)29(40)12-22)37(38(52)47-30)49-16-23(8-9-48-17-25(41)18-48)28(14-32(49)50)39(44,45)46/h5-7,10-14,16,25,30,37H,4,8-9,15,17-19H2,1-3H3,(H,47,52)/t30-,37-/m0/s1. The summed E-state index contributed by atoms with van der Waals surface area (Å²) in [5, 5.41) is 2.11. The number of fused-ring (bicyclic) bond motifs is 6. The number of ether oxygens (including phenoxy) is 2. The lowest BCUT2D eigenvalue weighted by atomic mass is 9.91. The molecule has 6 rings (SSSR count). The molecule has 1 N–H and O–H groups in total. The third-order valence-corrected chi connectivity index (χ3v) is 9.86. The Labute approximate surface area is 311 Å². The van der Waals surface area contributed by atoms with Crippen LogP contribution >= 0.6 is 11.6 Å². The molecule has 3 aromatic carbocycles. The van der Waals surface area contributed by atoms with E-state index < -0.39 is 81.6 Å². The van der Waals surface area contributed by atoms with Gasteiger partial charge < -0.3 is 14.8 Å². The molecule has 0 unspecified atom stereocenters. The van der Waals surface area contributed by atoms with Crippen LogP contribution in [0.4, 0.5) is 26.3 Å². The van der Waals surface area contributed by atoms with Crippen LogP contribution in [0.5, 0.6) is 5.75 Å². The average Bonchev–Trinajstić information content (AvgIpc) is 3.08. The highest BCUT2D eigenvalue weighted by atomic mass is 35.5. The first-order valence-electron chi connectivity index (χ1n) is 17.2. The number of carbonyl (C=O) groups is 2. The molecule has 15 heteroatoms. The van der Waals surface area contributed by atoms with E-state index in [1.54, 1.807) is 30.0 Å². The Hall–Kier alpha value is -4.82. The monoisotopic (exact) mass is 775 g/mol. The van der Waals surface area contributed by atoms with Gasteiger partial charge in [0.2, 0.25) is 5.91 Å². The molecule has 8 nitrogen and oxygen atoms in total. The number of nitrogens with zero attached hydrogens (tertiary/aromatic N) is 2. The fourth-order valence-electron chi connectivity index (χ4n) is 6.96. The topological polar surface area (TPSA) is 89.9 Å². The SMILES string of the molecule is CCOC(=O)C[C@@H]1NC(=O)[C@@H](n2cc(CCN3CC(F)C3)c(C(F)(F)F)cc2=O)c2cc(cc(Cl)c2F)COc2cccc(C)c2-c2cc(C)c(F)c1c2. The molecule has 2 aliphatic heterocycles. The van der Waals surface area contributed by atoms with Crippen LogP contribution in [0.25, 0.3) is 11.1 Å². The number of amides is 1. The molecule has 0 aliphatic carbocycles. The second kappa shape index (κ2) is 15.5. The fraction of sp³-hybridized carbons (Fsp3) is 0.359. The van der Waals surface area contributed by atoms with Crippen LogP contribution in [0.15, 0.2) is 59.5 Å². The number of likely N-dealkylation sites (tertiary alicyclic amines) is 1. The van der Waals surface area contributed by atoms with E-state index in [0.717, 1.165) is 11.8 Å². The number of nitrogens with one attached hydrogen (secondary N) is 1. The van der Waals surface area contributed by atoms with Crippen LogP contribution in [0.1, 0.15) is 64.4 Å². The molecule has 0 saturated carbocycles. The van der Waals surface area contributed by atoms with Gasteiger partial charge in [0.1, 0.15) is 36.2 Å². The zero-order valence-corrected chi connectivity index (χ0v) is 30.2. The lowest BCUT2D eigenvalue weighted by molar-refractivity contribution is -0.144. The van der Waals surface area contributed by atoms with Crippen LogP contribution in [0, 0.1) is 25.5 Å². The van der Waals surface area contributed by atoms with Crippen molar-refractivity contribution in [1.29, 1.82) is 0 Å². The number of pyridine rings is 1. The van der Waals surface area contributed by atoms with Crippen molar-refractivity contribution in [3.05, 3.63) is 121 Å². The zero-order valence-electron chi connectivity index (χ0n) is 29.5. The molecular weight excluding hydrogens is 740 g/mol. The van der Waals surface area contributed by atoms with Crippen LogP contribution in [-0.4, -0.2) is 53.8 Å². The van der Waals surface area contributed by atoms with Gasteiger partial charge in [0.05, 0.1) is 29.7 Å². The summed E-state index contributed by atoms with van der Waals surface area (Å²) in [7, 11) is 0. The number of benzene rings is 3. The normalized spacial score (nSPS) is 17.9. The number of aromatic nitrogens is 1. The molecule has 3 heterocycles. The summed E-state index contributed by atoms with van der Waals surface area (Å²) >= 11 is 6.36. The van der Waals surface area contributed by atoms with E-state index in [1.165, 1.54) is 25.1 Å². The minimum atomic E-state index is -4.98. The van der Waals surface area contributed by atoms with Crippen LogP contribution in [0.2, 0.25) is 5.02 Å². The quantitative estimate of drug-likeness (QED) is 0.154. The maximum atomic E-state index is 16.2. The predicted molar refractivity (Wildman–Crippen MR) is 188 cm³/mol. The maximum absolute atomic E-state index is 16.2. The van der Waals surface area contributed by atoms with E-state index in [2.05, 4.69) is 5.32 Å². The smallest absolute Gasteiger partial charge is 0.416 e. The van der Waals surface area contributed by atoms with Gasteiger partial charge in [-0.3, -0.25) is 23.9 Å². The number of rotatable bonds is 7. The molecule has 2 atom stereocenters. The first kappa shape index (κ1) is 38.9. The van der Waals surface area contributed by atoms with E-state index in [4.69, 9.17) is 21.1 Å². The summed E-state index contributed by atoms with van der Waals surface area (Å²) in [5.74, 6) is -3.56. The van der Waals surface area contributed by atoms with Crippen LogP contribution in [0.3, 0.4) is 0 Å². The van der Waals surface area contributed by atoms with Gasteiger partial charge in [-0.15, -0.1) is 0 Å². The third kappa shape index (κ3) is 8.00. The lowest BCUT2D eigenvalue weighted by Gasteiger charge is -2.34. The minimum absolute atomic E-state index is 0.00309. The number of aryl methyl sites for hydroxylation is 2. The minimum Gasteiger partial charge on any atom is -0.488 e. The maximum Gasteiger partial charge on any atom is 0.416 e. The van der Waals surface area contributed by atoms with Crippen molar-refractivity contribution in [2.24, 2.45) is 0 Å². The molecule has 0 radical (unpaired) electrons. The fourth-order valence-corrected chi connectivity index (χ4v) is 7.21. The van der Waals surface area contributed by atoms with Crippen molar-refractivity contribution < 1.29 is 45.4 Å². The van der Waals surface area contributed by atoms with Gasteiger partial charge in [-0.05, 0) is 85.3 Å². The predicted octanol–water partition coefficient (Wildman–Crippen LogP) is 7.57. The summed E-state index contributed by atoms with van der Waals surface area (Å²) in [6.07, 6.45) is -6.18. The van der Waals surface area contributed by atoms with E-state index >= 15 is 8.78 Å². The number of alkyl halides is 4. The number of carbonyl (C=O) groups excluding carboxylic acids is 2. The summed E-state index contributed by atoms with van der Waals surface area (Å²) in [6, 6.07) is 7.54. The zero-order chi connectivity index (χ0) is 39.1. The Kier molecular flexibility index (Phi) is 11.2. The Bertz CT molecular complexity index is 2170. The molecule has 1 amide bonds. The Balaban J connectivity index is 1.58. The highest BCUT2D eigenvalue weighted by Gasteiger charge is 2.38. The summed E-state index contributed by atoms with van der Waals surface area (Å²) < 4.78 is 101. The molecule has 4 aromatic rings. The number of esters is 1. The third-order valence-electron chi connectivity index (χ3n) is 9.58. The Morgan fingerprint density at radius 2 is 1.76 bits per heavy atom. The molecule has 0 spiro atoms. The van der Waals surface area contributed by atoms with Crippen molar-refractivity contribution in [1.82, 2.24) is 14.8 Å². The first-order valence-corrected chi connectivity index (χ1v) is 17.6. The highest BCUT2D eigenvalue weighted by molar-refractivity contribution is 6.30. The van der Waals surface area contributed by atoms with Crippen molar-refractivity contribution in [2.45, 2.75) is 64.7 Å². The molecule has 4 bridgehead atoms. The van der Waals surface area contributed by atoms with Crippen LogP contribution in [-0.2, 0) is 33.5 Å².